The van der Waals surface area contributed by atoms with Crippen LogP contribution in [0.25, 0.3) is 0 Å². The molecule has 0 saturated heterocycles. The molecule has 1 aliphatic carbocycles. The molecule has 1 heterocycles. The van der Waals surface area contributed by atoms with Gasteiger partial charge in [-0.3, -0.25) is 4.79 Å². The molecule has 4 nitrogen and oxygen atoms in total. The Hall–Kier alpha value is -0.940. The van der Waals surface area contributed by atoms with Crippen LogP contribution < -0.4 is 0 Å². The molecule has 0 unspecified atom stereocenters. The fraction of sp³-hybridized carbons (Fsp3) is 0.667. The van der Waals surface area contributed by atoms with Crippen molar-refractivity contribution in [1.29, 1.82) is 0 Å². The summed E-state index contributed by atoms with van der Waals surface area (Å²) in [5, 5.41) is 12.1. The highest BCUT2D eigenvalue weighted by atomic mass is 32.1. The fourth-order valence-electron chi connectivity index (χ4n) is 2.12. The molecule has 1 N–H and O–H groups in total. The van der Waals surface area contributed by atoms with E-state index in [2.05, 4.69) is 4.98 Å². The highest BCUT2D eigenvalue weighted by Gasteiger charge is 2.29. The Bertz CT molecular complexity index is 399. The van der Waals surface area contributed by atoms with Crippen molar-refractivity contribution in [1.82, 2.24) is 9.88 Å². The molecule has 1 fully saturated rings. The zero-order valence-corrected chi connectivity index (χ0v) is 11.0. The van der Waals surface area contributed by atoms with Crippen LogP contribution in [0.1, 0.15) is 23.5 Å². The van der Waals surface area contributed by atoms with E-state index >= 15 is 0 Å². The van der Waals surface area contributed by atoms with E-state index in [4.69, 9.17) is 0 Å². The number of rotatable bonds is 4. The maximum absolute atomic E-state index is 11.9. The number of hydrogen-bond acceptors (Lipinski definition) is 4. The molecule has 1 aromatic rings. The van der Waals surface area contributed by atoms with E-state index in [1.54, 1.807) is 16.2 Å². The highest BCUT2D eigenvalue weighted by Crippen LogP contribution is 2.27. The molecule has 0 radical (unpaired) electrons. The molecular formula is C12H18N2O2S. The third-order valence-corrected chi connectivity index (χ3v) is 3.99. The summed E-state index contributed by atoms with van der Waals surface area (Å²) in [5.74, 6) is 0.577. The van der Waals surface area contributed by atoms with Crippen LogP contribution >= 0.6 is 11.3 Å². The number of thiazole rings is 1. The second kappa shape index (κ2) is 5.14. The molecule has 2 rings (SSSR count). The maximum atomic E-state index is 11.9. The second-order valence-corrected chi connectivity index (χ2v) is 5.86. The molecule has 0 spiro atoms. The predicted molar refractivity (Wildman–Crippen MR) is 66.9 cm³/mol. The fourth-order valence-corrected chi connectivity index (χ4v) is 2.73. The number of carbonyl (C=O) groups excluding carboxylic acids is 1. The van der Waals surface area contributed by atoms with Crippen LogP contribution in [0, 0.1) is 12.8 Å². The molecule has 1 amide bonds. The van der Waals surface area contributed by atoms with Gasteiger partial charge in [-0.05, 0) is 25.7 Å². The zero-order chi connectivity index (χ0) is 12.4. The largest absolute Gasteiger partial charge is 0.393 e. The Morgan fingerprint density at radius 3 is 2.88 bits per heavy atom. The van der Waals surface area contributed by atoms with E-state index in [0.717, 1.165) is 30.1 Å². The molecule has 1 aromatic heterocycles. The normalized spacial score (nSPS) is 23.2. The SMILES string of the molecule is Cc1nc(CC(=O)N(C)CC2CC(O)C2)cs1. The molecular weight excluding hydrogens is 236 g/mol. The molecule has 1 saturated carbocycles. The molecule has 94 valence electrons. The van der Waals surface area contributed by atoms with Crippen LogP contribution in [-0.2, 0) is 11.2 Å². The monoisotopic (exact) mass is 254 g/mol. The van der Waals surface area contributed by atoms with Gasteiger partial charge in [0.25, 0.3) is 0 Å². The highest BCUT2D eigenvalue weighted by molar-refractivity contribution is 7.09. The van der Waals surface area contributed by atoms with E-state index in [9.17, 15) is 9.90 Å². The lowest BCUT2D eigenvalue weighted by Crippen LogP contribution is -2.40. The summed E-state index contributed by atoms with van der Waals surface area (Å²) in [6, 6.07) is 0. The Kier molecular flexibility index (Phi) is 3.79. The van der Waals surface area contributed by atoms with Crippen molar-refractivity contribution < 1.29 is 9.90 Å². The molecule has 0 aliphatic heterocycles. The predicted octanol–water partition coefficient (Wildman–Crippen LogP) is 1.22. The molecule has 1 aliphatic rings. The number of aromatic nitrogens is 1. The Morgan fingerprint density at radius 1 is 1.65 bits per heavy atom. The third kappa shape index (κ3) is 3.26. The zero-order valence-electron chi connectivity index (χ0n) is 10.2. The van der Waals surface area contributed by atoms with Crippen LogP contribution in [0.3, 0.4) is 0 Å². The summed E-state index contributed by atoms with van der Waals surface area (Å²) in [6.45, 7) is 2.69. The van der Waals surface area contributed by atoms with E-state index in [0.29, 0.717) is 12.3 Å². The van der Waals surface area contributed by atoms with Gasteiger partial charge < -0.3 is 10.0 Å². The standard InChI is InChI=1S/C12H18N2O2S/c1-8-13-10(7-17-8)5-12(16)14(2)6-9-3-11(15)4-9/h7,9,11,15H,3-6H2,1-2H3. The number of aliphatic hydroxyl groups excluding tert-OH is 1. The van der Waals surface area contributed by atoms with Gasteiger partial charge in [0.1, 0.15) is 0 Å². The lowest BCUT2D eigenvalue weighted by atomic mass is 9.82. The minimum absolute atomic E-state index is 0.108. The van der Waals surface area contributed by atoms with E-state index in [1.807, 2.05) is 19.4 Å². The van der Waals surface area contributed by atoms with Gasteiger partial charge in [-0.25, -0.2) is 4.98 Å². The van der Waals surface area contributed by atoms with Crippen LogP contribution in [0.15, 0.2) is 5.38 Å². The van der Waals surface area contributed by atoms with Crippen LogP contribution in [0.4, 0.5) is 0 Å². The summed E-state index contributed by atoms with van der Waals surface area (Å²) in [5.41, 5.74) is 0.859. The van der Waals surface area contributed by atoms with E-state index in [-0.39, 0.29) is 12.0 Å². The molecule has 5 heteroatoms. The van der Waals surface area contributed by atoms with Crippen molar-refractivity contribution in [2.45, 2.75) is 32.3 Å². The van der Waals surface area contributed by atoms with Gasteiger partial charge in [0, 0.05) is 19.0 Å². The lowest BCUT2D eigenvalue weighted by molar-refractivity contribution is -0.130. The minimum Gasteiger partial charge on any atom is -0.393 e. The van der Waals surface area contributed by atoms with Crippen LogP contribution in [0.2, 0.25) is 0 Å². The quantitative estimate of drug-likeness (QED) is 0.879. The summed E-state index contributed by atoms with van der Waals surface area (Å²) in [7, 11) is 1.83. The second-order valence-electron chi connectivity index (χ2n) is 4.80. The van der Waals surface area contributed by atoms with Crippen LogP contribution in [-0.4, -0.2) is 40.6 Å². The van der Waals surface area contributed by atoms with Gasteiger partial charge >= 0.3 is 0 Å². The van der Waals surface area contributed by atoms with Crippen molar-refractivity contribution in [2.24, 2.45) is 5.92 Å². The van der Waals surface area contributed by atoms with Crippen LogP contribution in [0.5, 0.6) is 0 Å². The number of carbonyl (C=O) groups is 1. The minimum atomic E-state index is -0.148. The number of aliphatic hydroxyl groups is 1. The summed E-state index contributed by atoms with van der Waals surface area (Å²) < 4.78 is 0. The van der Waals surface area contributed by atoms with E-state index < -0.39 is 0 Å². The smallest absolute Gasteiger partial charge is 0.228 e. The molecule has 17 heavy (non-hydrogen) atoms. The lowest BCUT2D eigenvalue weighted by Gasteiger charge is -2.34. The summed E-state index contributed by atoms with van der Waals surface area (Å²) in [6.07, 6.45) is 1.89. The molecule has 0 aromatic carbocycles. The van der Waals surface area contributed by atoms with Gasteiger partial charge in [0.15, 0.2) is 0 Å². The first-order valence-electron chi connectivity index (χ1n) is 5.87. The number of amides is 1. The number of aryl methyl sites for hydroxylation is 1. The van der Waals surface area contributed by atoms with E-state index in [1.165, 1.54) is 0 Å². The number of hydrogen-bond donors (Lipinski definition) is 1. The Balaban J connectivity index is 1.79. The number of nitrogens with zero attached hydrogens (tertiary/aromatic N) is 2. The van der Waals surface area contributed by atoms with Crippen molar-refractivity contribution in [2.75, 3.05) is 13.6 Å². The third-order valence-electron chi connectivity index (χ3n) is 3.17. The van der Waals surface area contributed by atoms with Gasteiger partial charge in [-0.15, -0.1) is 11.3 Å². The summed E-state index contributed by atoms with van der Waals surface area (Å²) in [4.78, 5) is 18.0. The van der Waals surface area contributed by atoms with Gasteiger partial charge in [-0.2, -0.15) is 0 Å². The Morgan fingerprint density at radius 2 is 2.35 bits per heavy atom. The first-order chi connectivity index (χ1) is 8.04. The average Bonchev–Trinajstić information content (AvgIpc) is 2.61. The summed E-state index contributed by atoms with van der Waals surface area (Å²) >= 11 is 1.57. The van der Waals surface area contributed by atoms with Gasteiger partial charge in [0.2, 0.25) is 5.91 Å². The first-order valence-corrected chi connectivity index (χ1v) is 6.75. The van der Waals surface area contributed by atoms with Gasteiger partial charge in [0.05, 0.1) is 23.2 Å². The first kappa shape index (κ1) is 12.5. The van der Waals surface area contributed by atoms with Crippen molar-refractivity contribution >= 4 is 17.2 Å². The maximum Gasteiger partial charge on any atom is 0.228 e. The van der Waals surface area contributed by atoms with Crippen molar-refractivity contribution in [3.8, 4) is 0 Å². The average molecular weight is 254 g/mol. The Labute approximate surface area is 105 Å². The number of likely N-dealkylation sites (N-methyl/N-ethyl adjacent to an activating group) is 1. The van der Waals surface area contributed by atoms with Crippen molar-refractivity contribution in [3.63, 3.8) is 0 Å². The van der Waals surface area contributed by atoms with Gasteiger partial charge in [-0.1, -0.05) is 0 Å². The molecule has 0 atom stereocenters. The topological polar surface area (TPSA) is 53.4 Å². The molecule has 0 bridgehead atoms. The van der Waals surface area contributed by atoms with Crippen molar-refractivity contribution in [3.05, 3.63) is 16.1 Å².